The fourth-order valence-corrected chi connectivity index (χ4v) is 1.35. The van der Waals surface area contributed by atoms with Crippen molar-refractivity contribution in [1.29, 1.82) is 0 Å². The molecule has 1 rings (SSSR count). The Hall–Kier alpha value is -2.37. The quantitative estimate of drug-likeness (QED) is 0.382. The number of aliphatic hydroxyl groups is 1. The first-order chi connectivity index (χ1) is 8.99. The van der Waals surface area contributed by atoms with Crippen LogP contribution in [-0.2, 0) is 14.3 Å². The molecule has 1 aromatic rings. The van der Waals surface area contributed by atoms with Gasteiger partial charge in [-0.25, -0.2) is 9.18 Å². The van der Waals surface area contributed by atoms with Crippen molar-refractivity contribution in [3.63, 3.8) is 0 Å². The highest BCUT2D eigenvalue weighted by Crippen LogP contribution is 2.25. The van der Waals surface area contributed by atoms with Crippen molar-refractivity contribution in [1.82, 2.24) is 0 Å². The van der Waals surface area contributed by atoms with Crippen LogP contribution in [0.4, 0.5) is 4.39 Å². The SMILES string of the molecule is CCOc1ccc(F)cc1/C(O)=C/C(=O)C(=O)OC. The Morgan fingerprint density at radius 1 is 1.42 bits per heavy atom. The molecule has 19 heavy (non-hydrogen) atoms. The zero-order chi connectivity index (χ0) is 14.4. The topological polar surface area (TPSA) is 72.8 Å². The Bertz CT molecular complexity index is 522. The first-order valence-electron chi connectivity index (χ1n) is 5.45. The fraction of sp³-hybridized carbons (Fsp3) is 0.231. The van der Waals surface area contributed by atoms with Gasteiger partial charge in [0.25, 0.3) is 5.78 Å². The Kier molecular flexibility index (Phi) is 5.05. The lowest BCUT2D eigenvalue weighted by molar-refractivity contribution is -0.149. The molecular formula is C13H13FO5. The standard InChI is InChI=1S/C13H13FO5/c1-3-19-12-5-4-8(14)6-9(12)10(15)7-11(16)13(17)18-2/h4-7,15H,3H2,1-2H3/b10-7-. The zero-order valence-electron chi connectivity index (χ0n) is 10.5. The lowest BCUT2D eigenvalue weighted by Gasteiger charge is -2.09. The average Bonchev–Trinajstić information content (AvgIpc) is 2.39. The first-order valence-corrected chi connectivity index (χ1v) is 5.45. The summed E-state index contributed by atoms with van der Waals surface area (Å²) in [5.74, 6) is -3.15. The average molecular weight is 268 g/mol. The highest BCUT2D eigenvalue weighted by Gasteiger charge is 2.15. The lowest BCUT2D eigenvalue weighted by Crippen LogP contribution is -2.13. The molecule has 0 radical (unpaired) electrons. The van der Waals surface area contributed by atoms with Gasteiger partial charge < -0.3 is 14.6 Å². The van der Waals surface area contributed by atoms with Crippen LogP contribution < -0.4 is 4.74 Å². The van der Waals surface area contributed by atoms with E-state index in [-0.39, 0.29) is 11.3 Å². The number of aliphatic hydroxyl groups excluding tert-OH is 1. The van der Waals surface area contributed by atoms with E-state index in [0.29, 0.717) is 12.7 Å². The summed E-state index contributed by atoms with van der Waals surface area (Å²) in [5, 5.41) is 9.75. The molecule has 0 saturated carbocycles. The predicted molar refractivity (Wildman–Crippen MR) is 65.2 cm³/mol. The number of methoxy groups -OCH3 is 1. The zero-order valence-corrected chi connectivity index (χ0v) is 10.5. The molecular weight excluding hydrogens is 255 g/mol. The molecule has 0 unspecified atom stereocenters. The van der Waals surface area contributed by atoms with Crippen molar-refractivity contribution in [2.24, 2.45) is 0 Å². The molecule has 0 aromatic heterocycles. The normalized spacial score (nSPS) is 11.0. The number of carbonyl (C=O) groups is 2. The van der Waals surface area contributed by atoms with Gasteiger partial charge in [0.05, 0.1) is 19.3 Å². The van der Waals surface area contributed by atoms with Crippen LogP contribution >= 0.6 is 0 Å². The van der Waals surface area contributed by atoms with E-state index in [2.05, 4.69) is 4.74 Å². The van der Waals surface area contributed by atoms with E-state index in [1.54, 1.807) is 6.92 Å². The number of ketones is 1. The van der Waals surface area contributed by atoms with E-state index in [9.17, 15) is 19.1 Å². The second-order valence-corrected chi connectivity index (χ2v) is 3.46. The van der Waals surface area contributed by atoms with Crippen molar-refractivity contribution >= 4 is 17.5 Å². The largest absolute Gasteiger partial charge is 0.507 e. The maximum atomic E-state index is 13.1. The van der Waals surface area contributed by atoms with Crippen LogP contribution in [0.1, 0.15) is 12.5 Å². The molecule has 0 aliphatic rings. The van der Waals surface area contributed by atoms with E-state index < -0.39 is 23.3 Å². The maximum Gasteiger partial charge on any atom is 0.378 e. The molecule has 0 saturated heterocycles. The number of benzene rings is 1. The van der Waals surface area contributed by atoms with Gasteiger partial charge in [0, 0.05) is 6.08 Å². The molecule has 0 aliphatic carbocycles. The second-order valence-electron chi connectivity index (χ2n) is 3.46. The van der Waals surface area contributed by atoms with Crippen LogP contribution in [0.15, 0.2) is 24.3 Å². The summed E-state index contributed by atoms with van der Waals surface area (Å²) in [6.45, 7) is 2.02. The van der Waals surface area contributed by atoms with Gasteiger partial charge in [0.15, 0.2) is 0 Å². The van der Waals surface area contributed by atoms with Crippen LogP contribution in [-0.4, -0.2) is 30.6 Å². The minimum absolute atomic E-state index is 0.0147. The predicted octanol–water partition coefficient (Wildman–Crippen LogP) is 1.87. The van der Waals surface area contributed by atoms with Crippen LogP contribution in [0.3, 0.4) is 0 Å². The van der Waals surface area contributed by atoms with Crippen molar-refractivity contribution in [3.8, 4) is 5.75 Å². The number of carbonyl (C=O) groups excluding carboxylic acids is 2. The molecule has 0 amide bonds. The Labute approximate surface area is 109 Å². The van der Waals surface area contributed by atoms with Gasteiger partial charge in [-0.1, -0.05) is 0 Å². The van der Waals surface area contributed by atoms with Gasteiger partial charge in [-0.2, -0.15) is 0 Å². The third-order valence-electron chi connectivity index (χ3n) is 2.17. The molecule has 0 bridgehead atoms. The van der Waals surface area contributed by atoms with Gasteiger partial charge in [-0.05, 0) is 25.1 Å². The van der Waals surface area contributed by atoms with Crippen LogP contribution in [0.5, 0.6) is 5.75 Å². The second kappa shape index (κ2) is 6.53. The summed E-state index contributed by atoms with van der Waals surface area (Å²) in [5.41, 5.74) is -0.0147. The van der Waals surface area contributed by atoms with Crippen LogP contribution in [0.25, 0.3) is 5.76 Å². The summed E-state index contributed by atoms with van der Waals surface area (Å²) < 4.78 is 22.5. The van der Waals surface area contributed by atoms with Gasteiger partial charge >= 0.3 is 5.97 Å². The number of hydrogen-bond donors (Lipinski definition) is 1. The van der Waals surface area contributed by atoms with E-state index >= 15 is 0 Å². The Morgan fingerprint density at radius 2 is 2.11 bits per heavy atom. The number of hydrogen-bond acceptors (Lipinski definition) is 5. The molecule has 0 heterocycles. The Balaban J connectivity index is 3.13. The summed E-state index contributed by atoms with van der Waals surface area (Å²) in [7, 11) is 1.04. The summed E-state index contributed by atoms with van der Waals surface area (Å²) in [6, 6.07) is 3.48. The van der Waals surface area contributed by atoms with Crippen molar-refractivity contribution < 1.29 is 28.6 Å². The highest BCUT2D eigenvalue weighted by molar-refractivity contribution is 6.39. The van der Waals surface area contributed by atoms with E-state index in [1.165, 1.54) is 6.07 Å². The monoisotopic (exact) mass is 268 g/mol. The first kappa shape index (κ1) is 14.7. The molecule has 0 spiro atoms. The fourth-order valence-electron chi connectivity index (χ4n) is 1.35. The minimum atomic E-state index is -1.12. The number of ether oxygens (including phenoxy) is 2. The van der Waals surface area contributed by atoms with Gasteiger partial charge in [0.2, 0.25) is 0 Å². The molecule has 1 N–H and O–H groups in total. The van der Waals surface area contributed by atoms with E-state index in [0.717, 1.165) is 19.2 Å². The number of halogens is 1. The van der Waals surface area contributed by atoms with Gasteiger partial charge in [-0.15, -0.1) is 0 Å². The molecule has 102 valence electrons. The summed E-state index contributed by atoms with van der Waals surface area (Å²) in [6.07, 6.45) is 0.656. The van der Waals surface area contributed by atoms with Crippen LogP contribution in [0.2, 0.25) is 0 Å². The number of rotatable bonds is 5. The smallest absolute Gasteiger partial charge is 0.378 e. The molecule has 0 fully saturated rings. The third kappa shape index (κ3) is 3.80. The van der Waals surface area contributed by atoms with Crippen molar-refractivity contribution in [2.75, 3.05) is 13.7 Å². The summed E-state index contributed by atoms with van der Waals surface area (Å²) >= 11 is 0. The van der Waals surface area contributed by atoms with Crippen molar-refractivity contribution in [2.45, 2.75) is 6.92 Å². The molecule has 5 nitrogen and oxygen atoms in total. The van der Waals surface area contributed by atoms with Gasteiger partial charge in [-0.3, -0.25) is 4.79 Å². The molecule has 0 aliphatic heterocycles. The third-order valence-corrected chi connectivity index (χ3v) is 2.17. The maximum absolute atomic E-state index is 13.1. The van der Waals surface area contributed by atoms with E-state index in [4.69, 9.17) is 4.74 Å². The molecule has 0 atom stereocenters. The molecule has 6 heteroatoms. The lowest BCUT2D eigenvalue weighted by atomic mass is 10.1. The minimum Gasteiger partial charge on any atom is -0.507 e. The van der Waals surface area contributed by atoms with Gasteiger partial charge in [0.1, 0.15) is 17.3 Å². The number of esters is 1. The highest BCUT2D eigenvalue weighted by atomic mass is 19.1. The Morgan fingerprint density at radius 3 is 2.68 bits per heavy atom. The van der Waals surface area contributed by atoms with Crippen molar-refractivity contribution in [3.05, 3.63) is 35.7 Å². The molecule has 1 aromatic carbocycles. The van der Waals surface area contributed by atoms with Crippen LogP contribution in [0, 0.1) is 5.82 Å². The summed E-state index contributed by atoms with van der Waals surface area (Å²) in [4.78, 5) is 22.2. The van der Waals surface area contributed by atoms with E-state index in [1.807, 2.05) is 0 Å².